The molecule has 0 aliphatic carbocycles. The van der Waals surface area contributed by atoms with E-state index in [-0.39, 0.29) is 5.41 Å². The van der Waals surface area contributed by atoms with Gasteiger partial charge in [0.15, 0.2) is 4.96 Å². The predicted molar refractivity (Wildman–Crippen MR) is 73.1 cm³/mol. The molecule has 0 saturated carbocycles. The molecule has 5 heteroatoms. The first-order valence-electron chi connectivity index (χ1n) is 5.86. The summed E-state index contributed by atoms with van der Waals surface area (Å²) >= 11 is 5.33. The Morgan fingerprint density at radius 3 is 3.24 bits per heavy atom. The highest BCUT2D eigenvalue weighted by atomic mass is 79.9. The number of hydrogen-bond acceptors (Lipinski definition) is 3. The van der Waals surface area contributed by atoms with Crippen LogP contribution in [0.3, 0.4) is 0 Å². The molecule has 0 amide bonds. The van der Waals surface area contributed by atoms with Crippen molar-refractivity contribution in [3.8, 4) is 0 Å². The molecule has 1 atom stereocenters. The Morgan fingerprint density at radius 1 is 1.59 bits per heavy atom. The Morgan fingerprint density at radius 2 is 2.53 bits per heavy atom. The van der Waals surface area contributed by atoms with Crippen molar-refractivity contribution < 1.29 is 4.74 Å². The topological polar surface area (TPSA) is 26.5 Å². The minimum absolute atomic E-state index is 0.238. The second-order valence-corrected chi connectivity index (χ2v) is 6.23. The summed E-state index contributed by atoms with van der Waals surface area (Å²) in [5.74, 6) is 0. The molecule has 2 aromatic rings. The minimum Gasteiger partial charge on any atom is -0.381 e. The number of ether oxygens (including phenoxy) is 1. The summed E-state index contributed by atoms with van der Waals surface area (Å²) in [6, 6.07) is 0. The zero-order valence-corrected chi connectivity index (χ0v) is 12.0. The van der Waals surface area contributed by atoms with Crippen molar-refractivity contribution in [3.63, 3.8) is 0 Å². The number of nitrogens with zero attached hydrogens (tertiary/aromatic N) is 2. The van der Waals surface area contributed by atoms with Crippen LogP contribution in [0.2, 0.25) is 0 Å². The summed E-state index contributed by atoms with van der Waals surface area (Å²) in [5.41, 5.74) is 1.42. The lowest BCUT2D eigenvalue weighted by Gasteiger charge is -2.34. The number of thiazole rings is 1. The van der Waals surface area contributed by atoms with Crippen LogP contribution < -0.4 is 0 Å². The van der Waals surface area contributed by atoms with E-state index in [0.29, 0.717) is 0 Å². The van der Waals surface area contributed by atoms with Gasteiger partial charge in [0.25, 0.3) is 0 Å². The van der Waals surface area contributed by atoms with Crippen molar-refractivity contribution in [3.05, 3.63) is 23.5 Å². The van der Waals surface area contributed by atoms with Crippen molar-refractivity contribution in [1.29, 1.82) is 0 Å². The van der Waals surface area contributed by atoms with E-state index in [4.69, 9.17) is 4.74 Å². The second kappa shape index (κ2) is 4.71. The fourth-order valence-corrected chi connectivity index (χ4v) is 3.81. The van der Waals surface area contributed by atoms with Gasteiger partial charge in [0.05, 0.1) is 12.3 Å². The van der Waals surface area contributed by atoms with Crippen LogP contribution in [0.1, 0.15) is 18.5 Å². The molecule has 1 fully saturated rings. The molecule has 1 aliphatic rings. The SMILES string of the molecule is BrCC1(Cc2cn3ccsc3n2)CCCOC1. The first-order valence-corrected chi connectivity index (χ1v) is 7.86. The molecule has 2 aromatic heterocycles. The van der Waals surface area contributed by atoms with Crippen molar-refractivity contribution in [2.24, 2.45) is 5.41 Å². The number of fused-ring (bicyclic) bond motifs is 1. The summed E-state index contributed by atoms with van der Waals surface area (Å²) in [5, 5.41) is 3.06. The molecule has 0 bridgehead atoms. The van der Waals surface area contributed by atoms with Crippen LogP contribution in [-0.2, 0) is 11.2 Å². The van der Waals surface area contributed by atoms with Gasteiger partial charge in [0.1, 0.15) is 0 Å². The van der Waals surface area contributed by atoms with Gasteiger partial charge in [0.2, 0.25) is 0 Å². The summed E-state index contributed by atoms with van der Waals surface area (Å²) in [6.07, 6.45) is 7.60. The lowest BCUT2D eigenvalue weighted by Crippen LogP contribution is -2.35. The molecule has 0 radical (unpaired) electrons. The van der Waals surface area contributed by atoms with Gasteiger partial charge in [0, 0.05) is 35.1 Å². The molecule has 1 saturated heterocycles. The molecule has 17 heavy (non-hydrogen) atoms. The normalized spacial score (nSPS) is 25.5. The van der Waals surface area contributed by atoms with E-state index in [1.807, 2.05) is 0 Å². The second-order valence-electron chi connectivity index (χ2n) is 4.79. The third kappa shape index (κ3) is 2.28. The Hall–Kier alpha value is -0.390. The first kappa shape index (κ1) is 11.7. The van der Waals surface area contributed by atoms with Crippen molar-refractivity contribution in [1.82, 2.24) is 9.38 Å². The van der Waals surface area contributed by atoms with E-state index < -0.39 is 0 Å². The number of aromatic nitrogens is 2. The average molecular weight is 315 g/mol. The van der Waals surface area contributed by atoms with Crippen molar-refractivity contribution >= 4 is 32.2 Å². The molecule has 0 N–H and O–H groups in total. The van der Waals surface area contributed by atoms with Crippen molar-refractivity contribution in [2.45, 2.75) is 19.3 Å². The summed E-state index contributed by atoms with van der Waals surface area (Å²) in [4.78, 5) is 5.75. The quantitative estimate of drug-likeness (QED) is 0.814. The highest BCUT2D eigenvalue weighted by molar-refractivity contribution is 9.09. The summed E-state index contributed by atoms with van der Waals surface area (Å²) < 4.78 is 7.74. The maximum Gasteiger partial charge on any atom is 0.193 e. The Bertz CT molecular complexity index is 473. The number of alkyl halides is 1. The molecule has 1 aliphatic heterocycles. The molecular formula is C12H15BrN2OS. The van der Waals surface area contributed by atoms with Crippen LogP contribution in [-0.4, -0.2) is 27.9 Å². The Balaban J connectivity index is 1.82. The predicted octanol–water partition coefficient (Wildman–Crippen LogP) is 3.13. The van der Waals surface area contributed by atoms with E-state index in [0.717, 1.165) is 36.3 Å². The van der Waals surface area contributed by atoms with Crippen LogP contribution in [0.5, 0.6) is 0 Å². The van der Waals surface area contributed by atoms with Crippen molar-refractivity contribution in [2.75, 3.05) is 18.5 Å². The molecule has 92 valence electrons. The van der Waals surface area contributed by atoms with Crippen LogP contribution in [0, 0.1) is 5.41 Å². The molecule has 3 nitrogen and oxygen atoms in total. The number of rotatable bonds is 3. The largest absolute Gasteiger partial charge is 0.381 e. The number of hydrogen-bond donors (Lipinski definition) is 0. The number of halogens is 1. The molecule has 3 rings (SSSR count). The van der Waals surface area contributed by atoms with Crippen LogP contribution in [0.15, 0.2) is 17.8 Å². The van der Waals surface area contributed by atoms with E-state index in [2.05, 4.69) is 43.1 Å². The molecule has 0 aromatic carbocycles. The van der Waals surface area contributed by atoms with Gasteiger partial charge in [-0.25, -0.2) is 4.98 Å². The van der Waals surface area contributed by atoms with E-state index in [9.17, 15) is 0 Å². The Kier molecular flexibility index (Phi) is 3.23. The number of imidazole rings is 1. The van der Waals surface area contributed by atoms with Crippen LogP contribution >= 0.6 is 27.3 Å². The molecular weight excluding hydrogens is 300 g/mol. The van der Waals surface area contributed by atoms with Gasteiger partial charge in [-0.3, -0.25) is 4.40 Å². The third-order valence-electron chi connectivity index (χ3n) is 3.39. The fourth-order valence-electron chi connectivity index (χ4n) is 2.45. The van der Waals surface area contributed by atoms with Crippen LogP contribution in [0.25, 0.3) is 4.96 Å². The van der Waals surface area contributed by atoms with Gasteiger partial charge < -0.3 is 4.74 Å². The molecule has 1 unspecified atom stereocenters. The maximum atomic E-state index is 5.64. The van der Waals surface area contributed by atoms with Gasteiger partial charge in [-0.15, -0.1) is 11.3 Å². The van der Waals surface area contributed by atoms with E-state index in [1.54, 1.807) is 11.3 Å². The third-order valence-corrected chi connectivity index (χ3v) is 5.35. The molecule has 0 spiro atoms. The van der Waals surface area contributed by atoms with Gasteiger partial charge in [-0.05, 0) is 19.3 Å². The van der Waals surface area contributed by atoms with Gasteiger partial charge in [-0.2, -0.15) is 0 Å². The average Bonchev–Trinajstić information content (AvgIpc) is 2.91. The first-order chi connectivity index (χ1) is 8.31. The molecule has 3 heterocycles. The van der Waals surface area contributed by atoms with E-state index in [1.165, 1.54) is 12.1 Å². The van der Waals surface area contributed by atoms with Crippen LogP contribution in [0.4, 0.5) is 0 Å². The Labute approximate surface area is 113 Å². The standard InChI is InChI=1S/C12H15BrN2OS/c13-8-12(2-1-4-16-9-12)6-10-7-15-3-5-17-11(15)14-10/h3,5,7H,1-2,4,6,8-9H2. The smallest absolute Gasteiger partial charge is 0.193 e. The lowest BCUT2D eigenvalue weighted by atomic mass is 9.80. The minimum atomic E-state index is 0.238. The summed E-state index contributed by atoms with van der Waals surface area (Å²) in [7, 11) is 0. The lowest BCUT2D eigenvalue weighted by molar-refractivity contribution is 0.00574. The summed E-state index contributed by atoms with van der Waals surface area (Å²) in [6.45, 7) is 1.76. The highest BCUT2D eigenvalue weighted by Gasteiger charge is 2.32. The van der Waals surface area contributed by atoms with E-state index >= 15 is 0 Å². The highest BCUT2D eigenvalue weighted by Crippen LogP contribution is 2.34. The zero-order chi connectivity index (χ0) is 11.7. The monoisotopic (exact) mass is 314 g/mol. The fraction of sp³-hybridized carbons (Fsp3) is 0.583. The maximum absolute atomic E-state index is 5.64. The van der Waals surface area contributed by atoms with Gasteiger partial charge >= 0.3 is 0 Å². The zero-order valence-electron chi connectivity index (χ0n) is 9.56. The van der Waals surface area contributed by atoms with Gasteiger partial charge in [-0.1, -0.05) is 15.9 Å².